The monoisotopic (exact) mass is 439 g/mol. The van der Waals surface area contributed by atoms with Gasteiger partial charge >= 0.3 is 0 Å². The number of nitrogens with one attached hydrogen (secondary N) is 3. The number of aromatic nitrogens is 2. The van der Waals surface area contributed by atoms with Crippen LogP contribution >= 0.6 is 15.9 Å². The first-order valence-electron chi connectivity index (χ1n) is 8.95. The lowest BCUT2D eigenvalue weighted by Gasteiger charge is -2.12. The first kappa shape index (κ1) is 19.8. The van der Waals surface area contributed by atoms with Gasteiger partial charge in [-0.25, -0.2) is 4.98 Å². The summed E-state index contributed by atoms with van der Waals surface area (Å²) in [6, 6.07) is 16.9. The highest BCUT2D eigenvalue weighted by Crippen LogP contribution is 2.20. The van der Waals surface area contributed by atoms with Crippen molar-refractivity contribution in [3.63, 3.8) is 0 Å². The lowest BCUT2D eigenvalue weighted by atomic mass is 10.2. The predicted molar refractivity (Wildman–Crippen MR) is 117 cm³/mol. The molecule has 3 N–H and O–H groups in total. The zero-order valence-corrected chi connectivity index (χ0v) is 17.5. The van der Waals surface area contributed by atoms with Crippen molar-refractivity contribution < 1.29 is 4.79 Å². The maximum Gasteiger partial charge on any atom is 0.255 e. The summed E-state index contributed by atoms with van der Waals surface area (Å²) in [6.07, 6.45) is 0. The standard InChI is InChI=1S/C21H22BrN5O/c1-13(2)23-19-11-14(3)24-21(27-19)26-18-9-7-17(8-10-18)25-20(28)15-5-4-6-16(22)12-15/h4-13H,1-3H3,(H,25,28)(H2,23,24,26,27). The van der Waals surface area contributed by atoms with Crippen LogP contribution in [0.2, 0.25) is 0 Å². The van der Waals surface area contributed by atoms with Gasteiger partial charge in [-0.1, -0.05) is 22.0 Å². The van der Waals surface area contributed by atoms with Crippen LogP contribution in [-0.2, 0) is 0 Å². The fourth-order valence-electron chi connectivity index (χ4n) is 2.59. The van der Waals surface area contributed by atoms with Gasteiger partial charge in [-0.3, -0.25) is 4.79 Å². The maximum absolute atomic E-state index is 12.3. The number of hydrogen-bond donors (Lipinski definition) is 3. The number of amides is 1. The highest BCUT2D eigenvalue weighted by atomic mass is 79.9. The van der Waals surface area contributed by atoms with Crippen molar-refractivity contribution in [2.45, 2.75) is 26.8 Å². The summed E-state index contributed by atoms with van der Waals surface area (Å²) in [4.78, 5) is 21.2. The van der Waals surface area contributed by atoms with E-state index < -0.39 is 0 Å². The minimum Gasteiger partial charge on any atom is -0.368 e. The number of rotatable bonds is 6. The third-order valence-electron chi connectivity index (χ3n) is 3.78. The summed E-state index contributed by atoms with van der Waals surface area (Å²) >= 11 is 3.38. The molecule has 7 heteroatoms. The first-order chi connectivity index (χ1) is 13.4. The van der Waals surface area contributed by atoms with Crippen molar-refractivity contribution in [1.29, 1.82) is 0 Å². The molecule has 0 aliphatic carbocycles. The lowest BCUT2D eigenvalue weighted by molar-refractivity contribution is 0.102. The third kappa shape index (κ3) is 5.53. The zero-order chi connectivity index (χ0) is 20.1. The second-order valence-electron chi connectivity index (χ2n) is 6.68. The van der Waals surface area contributed by atoms with E-state index in [1.54, 1.807) is 12.1 Å². The van der Waals surface area contributed by atoms with E-state index in [1.165, 1.54) is 0 Å². The van der Waals surface area contributed by atoms with E-state index in [9.17, 15) is 4.79 Å². The summed E-state index contributed by atoms with van der Waals surface area (Å²) in [6.45, 7) is 6.05. The zero-order valence-electron chi connectivity index (χ0n) is 16.0. The molecular weight excluding hydrogens is 418 g/mol. The van der Waals surface area contributed by atoms with Gasteiger partial charge in [0.05, 0.1) is 0 Å². The highest BCUT2D eigenvalue weighted by molar-refractivity contribution is 9.10. The number of halogens is 1. The van der Waals surface area contributed by atoms with E-state index in [1.807, 2.05) is 49.4 Å². The average molecular weight is 440 g/mol. The summed E-state index contributed by atoms with van der Waals surface area (Å²) < 4.78 is 0.865. The maximum atomic E-state index is 12.3. The van der Waals surface area contributed by atoms with E-state index in [-0.39, 0.29) is 11.9 Å². The summed E-state index contributed by atoms with van der Waals surface area (Å²) in [7, 11) is 0. The third-order valence-corrected chi connectivity index (χ3v) is 4.27. The molecule has 6 nitrogen and oxygen atoms in total. The van der Waals surface area contributed by atoms with Crippen LogP contribution in [0.5, 0.6) is 0 Å². The molecule has 0 fully saturated rings. The number of nitrogens with zero attached hydrogens (tertiary/aromatic N) is 2. The van der Waals surface area contributed by atoms with Crippen LogP contribution in [-0.4, -0.2) is 21.9 Å². The Hall–Kier alpha value is -2.93. The number of aryl methyl sites for hydroxylation is 1. The molecular formula is C21H22BrN5O. The molecule has 0 radical (unpaired) electrons. The first-order valence-corrected chi connectivity index (χ1v) is 9.74. The molecule has 1 heterocycles. The van der Waals surface area contributed by atoms with Gasteiger partial charge < -0.3 is 16.0 Å². The molecule has 1 aromatic heterocycles. The van der Waals surface area contributed by atoms with Crippen LogP contribution in [0.25, 0.3) is 0 Å². The van der Waals surface area contributed by atoms with E-state index in [0.29, 0.717) is 17.2 Å². The summed E-state index contributed by atoms with van der Waals surface area (Å²) in [5.41, 5.74) is 3.01. The Kier molecular flexibility index (Phi) is 6.26. The molecule has 1 amide bonds. The van der Waals surface area contributed by atoms with Gasteiger partial charge in [0.25, 0.3) is 5.91 Å². The largest absolute Gasteiger partial charge is 0.368 e. The van der Waals surface area contributed by atoms with E-state index in [2.05, 4.69) is 55.7 Å². The molecule has 0 unspecified atom stereocenters. The molecule has 0 spiro atoms. The van der Waals surface area contributed by atoms with Gasteiger partial charge in [-0.2, -0.15) is 4.98 Å². The average Bonchev–Trinajstić information content (AvgIpc) is 2.62. The smallest absolute Gasteiger partial charge is 0.255 e. The number of carbonyl (C=O) groups excluding carboxylic acids is 1. The quantitative estimate of drug-likeness (QED) is 0.481. The van der Waals surface area contributed by atoms with Crippen molar-refractivity contribution >= 4 is 45.0 Å². The fraction of sp³-hybridized carbons (Fsp3) is 0.190. The van der Waals surface area contributed by atoms with E-state index in [0.717, 1.165) is 21.7 Å². The topological polar surface area (TPSA) is 78.9 Å². The molecule has 28 heavy (non-hydrogen) atoms. The molecule has 0 bridgehead atoms. The molecule has 3 rings (SSSR count). The lowest BCUT2D eigenvalue weighted by Crippen LogP contribution is -2.12. The highest BCUT2D eigenvalue weighted by Gasteiger charge is 2.07. The normalized spacial score (nSPS) is 10.6. The molecule has 144 valence electrons. The molecule has 0 saturated carbocycles. The second-order valence-corrected chi connectivity index (χ2v) is 7.60. The molecule has 0 saturated heterocycles. The van der Waals surface area contributed by atoms with Gasteiger partial charge in [0, 0.05) is 39.2 Å². The van der Waals surface area contributed by atoms with Gasteiger partial charge in [-0.05, 0) is 63.2 Å². The van der Waals surface area contributed by atoms with Gasteiger partial charge in [0.1, 0.15) is 5.82 Å². The van der Waals surface area contributed by atoms with E-state index >= 15 is 0 Å². The number of hydrogen-bond acceptors (Lipinski definition) is 5. The van der Waals surface area contributed by atoms with Crippen LogP contribution in [0.1, 0.15) is 29.9 Å². The van der Waals surface area contributed by atoms with Crippen molar-refractivity contribution in [2.24, 2.45) is 0 Å². The number of carbonyl (C=O) groups is 1. The van der Waals surface area contributed by atoms with Crippen molar-refractivity contribution in [2.75, 3.05) is 16.0 Å². The Morgan fingerprint density at radius 1 is 1.00 bits per heavy atom. The molecule has 0 atom stereocenters. The summed E-state index contributed by atoms with van der Waals surface area (Å²) in [5, 5.41) is 9.36. The summed E-state index contributed by atoms with van der Waals surface area (Å²) in [5.74, 6) is 1.14. The second kappa shape index (κ2) is 8.84. The SMILES string of the molecule is Cc1cc(NC(C)C)nc(Nc2ccc(NC(=O)c3cccc(Br)c3)cc2)n1. The fourth-order valence-corrected chi connectivity index (χ4v) is 2.99. The number of benzene rings is 2. The molecule has 2 aromatic carbocycles. The Morgan fingerprint density at radius 2 is 1.71 bits per heavy atom. The van der Waals surface area contributed by atoms with Crippen molar-refractivity contribution in [3.8, 4) is 0 Å². The van der Waals surface area contributed by atoms with E-state index in [4.69, 9.17) is 0 Å². The van der Waals surface area contributed by atoms with Crippen molar-refractivity contribution in [1.82, 2.24) is 9.97 Å². The van der Waals surface area contributed by atoms with Crippen LogP contribution in [0, 0.1) is 6.92 Å². The van der Waals surface area contributed by atoms with Gasteiger partial charge in [-0.15, -0.1) is 0 Å². The Balaban J connectivity index is 1.68. The van der Waals surface area contributed by atoms with Crippen LogP contribution < -0.4 is 16.0 Å². The van der Waals surface area contributed by atoms with Crippen molar-refractivity contribution in [3.05, 3.63) is 70.3 Å². The molecule has 3 aromatic rings. The molecule has 0 aliphatic rings. The Morgan fingerprint density at radius 3 is 2.39 bits per heavy atom. The Bertz CT molecular complexity index is 973. The minimum atomic E-state index is -0.159. The van der Waals surface area contributed by atoms with Crippen LogP contribution in [0.4, 0.5) is 23.1 Å². The Labute approximate surface area is 172 Å². The van der Waals surface area contributed by atoms with Gasteiger partial charge in [0.2, 0.25) is 5.95 Å². The van der Waals surface area contributed by atoms with Crippen LogP contribution in [0.15, 0.2) is 59.1 Å². The van der Waals surface area contributed by atoms with Gasteiger partial charge in [0.15, 0.2) is 0 Å². The van der Waals surface area contributed by atoms with Crippen LogP contribution in [0.3, 0.4) is 0 Å². The molecule has 0 aliphatic heterocycles. The predicted octanol–water partition coefficient (Wildman–Crippen LogP) is 5.36. The minimum absolute atomic E-state index is 0.159. The number of anilines is 4.